The normalized spacial score (nSPS) is 10.5. The zero-order valence-corrected chi connectivity index (χ0v) is 8.23. The molecule has 2 nitrogen and oxygen atoms in total. The average Bonchev–Trinajstić information content (AvgIpc) is 1.99. The number of rotatable bonds is 2. The third-order valence-electron chi connectivity index (χ3n) is 1.42. The van der Waals surface area contributed by atoms with Gasteiger partial charge in [-0.05, 0) is 13.8 Å². The van der Waals surface area contributed by atoms with Crippen LogP contribution >= 0.6 is 11.6 Å². The summed E-state index contributed by atoms with van der Waals surface area (Å²) < 4.78 is 18.1. The highest BCUT2D eigenvalue weighted by atomic mass is 35.5. The minimum absolute atomic E-state index is 0.0103. The fraction of sp³-hybridized carbons (Fsp3) is 0.333. The largest absolute Gasteiger partial charge is 0.489 e. The molecule has 0 aliphatic heterocycles. The lowest BCUT2D eigenvalue weighted by atomic mass is 10.3. The van der Waals surface area contributed by atoms with Crippen LogP contribution in [-0.4, -0.2) is 6.10 Å². The van der Waals surface area contributed by atoms with E-state index in [-0.39, 0.29) is 16.8 Å². The van der Waals surface area contributed by atoms with E-state index in [9.17, 15) is 4.39 Å². The van der Waals surface area contributed by atoms with E-state index in [2.05, 4.69) is 0 Å². The summed E-state index contributed by atoms with van der Waals surface area (Å²) >= 11 is 5.56. The number of anilines is 1. The van der Waals surface area contributed by atoms with Crippen molar-refractivity contribution < 1.29 is 9.13 Å². The van der Waals surface area contributed by atoms with Gasteiger partial charge in [0.15, 0.2) is 0 Å². The summed E-state index contributed by atoms with van der Waals surface area (Å²) in [6.45, 7) is 3.72. The van der Waals surface area contributed by atoms with Gasteiger partial charge >= 0.3 is 0 Å². The molecule has 0 saturated carbocycles. The number of nitrogen functional groups attached to an aromatic ring is 1. The molecule has 1 rings (SSSR count). The van der Waals surface area contributed by atoms with E-state index in [1.54, 1.807) is 0 Å². The van der Waals surface area contributed by atoms with E-state index in [1.165, 1.54) is 6.07 Å². The van der Waals surface area contributed by atoms with Gasteiger partial charge in [0, 0.05) is 12.1 Å². The number of hydrogen-bond donors (Lipinski definition) is 1. The van der Waals surface area contributed by atoms with Gasteiger partial charge in [0.2, 0.25) is 0 Å². The van der Waals surface area contributed by atoms with Crippen LogP contribution in [0.3, 0.4) is 0 Å². The van der Waals surface area contributed by atoms with Crippen molar-refractivity contribution in [1.29, 1.82) is 0 Å². The first-order chi connectivity index (χ1) is 6.00. The summed E-state index contributed by atoms with van der Waals surface area (Å²) in [5.41, 5.74) is 5.77. The lowest BCUT2D eigenvalue weighted by molar-refractivity contribution is 0.243. The molecule has 4 heteroatoms. The maximum atomic E-state index is 12.8. The maximum absolute atomic E-state index is 12.8. The van der Waals surface area contributed by atoms with Gasteiger partial charge in [-0.3, -0.25) is 0 Å². The highest BCUT2D eigenvalue weighted by molar-refractivity contribution is 6.31. The Bertz CT molecular complexity index is 315. The first-order valence-corrected chi connectivity index (χ1v) is 4.29. The number of hydrogen-bond acceptors (Lipinski definition) is 2. The van der Waals surface area contributed by atoms with Crippen molar-refractivity contribution in [3.05, 3.63) is 23.0 Å². The zero-order valence-electron chi connectivity index (χ0n) is 7.47. The standard InChI is InChI=1S/C9H11ClFNO/c1-5(2)13-9-3-6(10)7(11)4-8(9)12/h3-5H,12H2,1-2H3. The Morgan fingerprint density at radius 1 is 1.46 bits per heavy atom. The summed E-state index contributed by atoms with van der Waals surface area (Å²) in [7, 11) is 0. The van der Waals surface area contributed by atoms with Crippen LogP contribution in [0.1, 0.15) is 13.8 Å². The lowest BCUT2D eigenvalue weighted by Gasteiger charge is -2.12. The van der Waals surface area contributed by atoms with E-state index < -0.39 is 5.82 Å². The molecule has 72 valence electrons. The molecule has 0 unspecified atom stereocenters. The van der Waals surface area contributed by atoms with E-state index in [4.69, 9.17) is 22.1 Å². The monoisotopic (exact) mass is 203 g/mol. The summed E-state index contributed by atoms with van der Waals surface area (Å²) in [5, 5.41) is 0.0184. The van der Waals surface area contributed by atoms with Crippen LogP contribution in [-0.2, 0) is 0 Å². The Morgan fingerprint density at radius 3 is 2.62 bits per heavy atom. The van der Waals surface area contributed by atoms with Gasteiger partial charge in [0.25, 0.3) is 0 Å². The summed E-state index contributed by atoms with van der Waals surface area (Å²) in [4.78, 5) is 0. The smallest absolute Gasteiger partial charge is 0.144 e. The minimum atomic E-state index is -0.532. The van der Waals surface area contributed by atoms with Crippen LogP contribution in [0.4, 0.5) is 10.1 Å². The second-order valence-corrected chi connectivity index (χ2v) is 3.38. The Labute approximate surface area is 81.4 Å². The topological polar surface area (TPSA) is 35.2 Å². The zero-order chi connectivity index (χ0) is 10.0. The predicted molar refractivity (Wildman–Crippen MR) is 51.6 cm³/mol. The third-order valence-corrected chi connectivity index (χ3v) is 1.71. The van der Waals surface area contributed by atoms with Crippen LogP contribution in [0.5, 0.6) is 5.75 Å². The minimum Gasteiger partial charge on any atom is -0.489 e. The van der Waals surface area contributed by atoms with Crippen molar-refractivity contribution >= 4 is 17.3 Å². The van der Waals surface area contributed by atoms with Crippen molar-refractivity contribution in [2.75, 3.05) is 5.73 Å². The second-order valence-electron chi connectivity index (χ2n) is 2.97. The summed E-state index contributed by atoms with van der Waals surface area (Å²) in [5.74, 6) is -0.114. The van der Waals surface area contributed by atoms with E-state index >= 15 is 0 Å². The average molecular weight is 204 g/mol. The van der Waals surface area contributed by atoms with Crippen LogP contribution in [0.25, 0.3) is 0 Å². The van der Waals surface area contributed by atoms with Gasteiger partial charge in [0.1, 0.15) is 11.6 Å². The Hall–Kier alpha value is -0.960. The van der Waals surface area contributed by atoms with Crippen molar-refractivity contribution in [1.82, 2.24) is 0 Å². The van der Waals surface area contributed by atoms with Crippen LogP contribution in [0.15, 0.2) is 12.1 Å². The van der Waals surface area contributed by atoms with Crippen molar-refractivity contribution in [3.8, 4) is 5.75 Å². The van der Waals surface area contributed by atoms with Gasteiger partial charge in [-0.15, -0.1) is 0 Å². The molecular weight excluding hydrogens is 193 g/mol. The second kappa shape index (κ2) is 3.83. The number of halogens is 2. The molecule has 0 spiro atoms. The molecule has 13 heavy (non-hydrogen) atoms. The van der Waals surface area contributed by atoms with E-state index in [0.29, 0.717) is 5.75 Å². The van der Waals surface area contributed by atoms with Crippen LogP contribution in [0, 0.1) is 5.82 Å². The summed E-state index contributed by atoms with van der Waals surface area (Å²) in [6.07, 6.45) is -0.0103. The molecule has 0 aliphatic rings. The fourth-order valence-corrected chi connectivity index (χ4v) is 1.05. The highest BCUT2D eigenvalue weighted by Gasteiger charge is 2.08. The Kier molecular flexibility index (Phi) is 2.98. The van der Waals surface area contributed by atoms with E-state index in [1.807, 2.05) is 13.8 Å². The van der Waals surface area contributed by atoms with Gasteiger partial charge in [-0.2, -0.15) is 0 Å². The predicted octanol–water partition coefficient (Wildman–Crippen LogP) is 2.85. The highest BCUT2D eigenvalue weighted by Crippen LogP contribution is 2.28. The number of nitrogens with two attached hydrogens (primary N) is 1. The quantitative estimate of drug-likeness (QED) is 0.751. The van der Waals surface area contributed by atoms with Gasteiger partial charge in [-0.1, -0.05) is 11.6 Å². The third kappa shape index (κ3) is 2.49. The molecule has 0 fully saturated rings. The molecule has 0 radical (unpaired) electrons. The molecule has 0 saturated heterocycles. The first kappa shape index (κ1) is 10.1. The molecule has 1 aromatic rings. The molecule has 1 aromatic carbocycles. The molecule has 0 atom stereocenters. The molecule has 0 heterocycles. The van der Waals surface area contributed by atoms with Gasteiger partial charge < -0.3 is 10.5 Å². The van der Waals surface area contributed by atoms with Gasteiger partial charge in [0.05, 0.1) is 16.8 Å². The Balaban J connectivity index is 3.01. The van der Waals surface area contributed by atoms with Crippen LogP contribution in [0.2, 0.25) is 5.02 Å². The van der Waals surface area contributed by atoms with E-state index in [0.717, 1.165) is 6.07 Å². The van der Waals surface area contributed by atoms with Crippen molar-refractivity contribution in [3.63, 3.8) is 0 Å². The molecule has 0 aliphatic carbocycles. The molecular formula is C9H11ClFNO. The molecule has 0 aromatic heterocycles. The SMILES string of the molecule is CC(C)Oc1cc(Cl)c(F)cc1N. The molecule has 0 amide bonds. The molecule has 2 N–H and O–H groups in total. The maximum Gasteiger partial charge on any atom is 0.144 e. The van der Waals surface area contributed by atoms with Gasteiger partial charge in [-0.25, -0.2) is 4.39 Å². The molecule has 0 bridgehead atoms. The lowest BCUT2D eigenvalue weighted by Crippen LogP contribution is -2.07. The Morgan fingerprint density at radius 2 is 2.08 bits per heavy atom. The first-order valence-electron chi connectivity index (χ1n) is 3.92. The van der Waals surface area contributed by atoms with Crippen molar-refractivity contribution in [2.24, 2.45) is 0 Å². The summed E-state index contributed by atoms with van der Waals surface area (Å²) in [6, 6.07) is 2.53. The fourth-order valence-electron chi connectivity index (χ4n) is 0.900. The van der Waals surface area contributed by atoms with Crippen LogP contribution < -0.4 is 10.5 Å². The number of benzene rings is 1. The van der Waals surface area contributed by atoms with Crippen molar-refractivity contribution in [2.45, 2.75) is 20.0 Å². The number of ether oxygens (including phenoxy) is 1.